The molecule has 0 heterocycles. The molecule has 0 amide bonds. The molecule has 0 spiro atoms. The van der Waals surface area contributed by atoms with Crippen LogP contribution >= 0.6 is 11.6 Å². The minimum absolute atomic E-state index is 0.0116. The second-order valence-electron chi connectivity index (χ2n) is 4.70. The molecule has 2 aromatic rings. The zero-order valence-electron chi connectivity index (χ0n) is 11.1. The van der Waals surface area contributed by atoms with Gasteiger partial charge in [-0.1, -0.05) is 53.6 Å². The highest BCUT2D eigenvalue weighted by Gasteiger charge is 2.11. The number of sulfonamides is 1. The number of halogens is 1. The Balaban J connectivity index is 1.99. The summed E-state index contributed by atoms with van der Waals surface area (Å²) < 4.78 is 26.6. The van der Waals surface area contributed by atoms with Crippen molar-refractivity contribution in [2.24, 2.45) is 0 Å². The molecule has 0 aliphatic carbocycles. The molecule has 0 atom stereocenters. The lowest BCUT2D eigenvalue weighted by Gasteiger charge is -2.07. The fourth-order valence-electron chi connectivity index (χ4n) is 1.87. The topological polar surface area (TPSA) is 46.2 Å². The molecule has 106 valence electrons. The van der Waals surface area contributed by atoms with Gasteiger partial charge in [0.25, 0.3) is 0 Å². The summed E-state index contributed by atoms with van der Waals surface area (Å²) in [5.74, 6) is -0.0116. The number of benzene rings is 2. The Morgan fingerprint density at radius 2 is 1.75 bits per heavy atom. The first kappa shape index (κ1) is 15.0. The maximum atomic E-state index is 12.0. The summed E-state index contributed by atoms with van der Waals surface area (Å²) in [5, 5.41) is 0.636. The summed E-state index contributed by atoms with van der Waals surface area (Å²) in [6.45, 7) is 2.21. The van der Waals surface area contributed by atoms with E-state index in [2.05, 4.69) is 4.72 Å². The lowest BCUT2D eigenvalue weighted by molar-refractivity contribution is 0.580. The monoisotopic (exact) mass is 309 g/mol. The fraction of sp³-hybridized carbons (Fsp3) is 0.200. The predicted octanol–water partition coefficient (Wildman–Crippen LogP) is 3.27. The van der Waals surface area contributed by atoms with Gasteiger partial charge in [0.05, 0.1) is 5.75 Å². The Morgan fingerprint density at radius 3 is 2.40 bits per heavy atom. The lowest BCUT2D eigenvalue weighted by atomic mass is 10.2. The molecule has 20 heavy (non-hydrogen) atoms. The third kappa shape index (κ3) is 4.63. The molecule has 0 saturated carbocycles. The molecule has 0 aliphatic rings. The van der Waals surface area contributed by atoms with Gasteiger partial charge in [0, 0.05) is 11.6 Å². The third-order valence-electron chi connectivity index (χ3n) is 2.85. The molecule has 0 fully saturated rings. The molecule has 0 bridgehead atoms. The molecule has 5 heteroatoms. The summed E-state index contributed by atoms with van der Waals surface area (Å²) in [6.07, 6.45) is 0. The molecule has 3 nitrogen and oxygen atoms in total. The van der Waals surface area contributed by atoms with Crippen LogP contribution in [0.1, 0.15) is 16.7 Å². The van der Waals surface area contributed by atoms with Gasteiger partial charge in [-0.05, 0) is 30.2 Å². The Bertz CT molecular complexity index is 681. The van der Waals surface area contributed by atoms with Crippen LogP contribution in [0.25, 0.3) is 0 Å². The molecular formula is C15H16ClNO2S. The smallest absolute Gasteiger partial charge is 0.212 e. The maximum absolute atomic E-state index is 12.0. The predicted molar refractivity (Wildman–Crippen MR) is 82.1 cm³/mol. The molecule has 0 unspecified atom stereocenters. The van der Waals surface area contributed by atoms with Crippen molar-refractivity contribution in [3.63, 3.8) is 0 Å². The Kier molecular flexibility index (Phi) is 4.81. The minimum Gasteiger partial charge on any atom is -0.212 e. The highest BCUT2D eigenvalue weighted by Crippen LogP contribution is 2.11. The van der Waals surface area contributed by atoms with Crippen molar-refractivity contribution in [2.45, 2.75) is 19.2 Å². The van der Waals surface area contributed by atoms with E-state index in [0.717, 1.165) is 16.7 Å². The van der Waals surface area contributed by atoms with E-state index >= 15 is 0 Å². The Hall–Kier alpha value is -1.36. The van der Waals surface area contributed by atoms with Gasteiger partial charge in [-0.25, -0.2) is 13.1 Å². The van der Waals surface area contributed by atoms with Crippen molar-refractivity contribution in [3.05, 3.63) is 70.2 Å². The molecule has 1 N–H and O–H groups in total. The van der Waals surface area contributed by atoms with Crippen LogP contribution in [0.3, 0.4) is 0 Å². The zero-order chi connectivity index (χ0) is 14.6. The molecule has 2 rings (SSSR count). The fourth-order valence-corrected chi connectivity index (χ4v) is 3.10. The molecule has 0 aromatic heterocycles. The van der Waals surface area contributed by atoms with E-state index in [-0.39, 0.29) is 12.3 Å². The molecule has 0 aliphatic heterocycles. The molecule has 0 radical (unpaired) electrons. The van der Waals surface area contributed by atoms with Crippen molar-refractivity contribution in [1.82, 2.24) is 4.72 Å². The Labute approximate surface area is 124 Å². The van der Waals surface area contributed by atoms with Gasteiger partial charge in [0.1, 0.15) is 0 Å². The zero-order valence-corrected chi connectivity index (χ0v) is 12.7. The highest BCUT2D eigenvalue weighted by molar-refractivity contribution is 7.88. The van der Waals surface area contributed by atoms with E-state index in [0.29, 0.717) is 5.02 Å². The van der Waals surface area contributed by atoms with E-state index in [1.165, 1.54) is 0 Å². The van der Waals surface area contributed by atoms with Gasteiger partial charge in [0.2, 0.25) is 10.0 Å². The standard InChI is InChI=1S/C15H16ClNO2S/c1-12-3-2-4-14(9-12)11-20(18,19)17-10-13-5-7-15(16)8-6-13/h2-9,17H,10-11H2,1H3. The van der Waals surface area contributed by atoms with E-state index in [9.17, 15) is 8.42 Å². The van der Waals surface area contributed by atoms with Gasteiger partial charge in [-0.15, -0.1) is 0 Å². The van der Waals surface area contributed by atoms with Gasteiger partial charge >= 0.3 is 0 Å². The number of hydrogen-bond acceptors (Lipinski definition) is 2. The molecule has 0 saturated heterocycles. The van der Waals surface area contributed by atoms with Crippen LogP contribution in [0.5, 0.6) is 0 Å². The van der Waals surface area contributed by atoms with E-state index < -0.39 is 10.0 Å². The largest absolute Gasteiger partial charge is 0.216 e. The molecule has 2 aromatic carbocycles. The van der Waals surface area contributed by atoms with Gasteiger partial charge in [-0.2, -0.15) is 0 Å². The summed E-state index contributed by atoms with van der Waals surface area (Å²) >= 11 is 5.79. The van der Waals surface area contributed by atoms with Gasteiger partial charge in [-0.3, -0.25) is 0 Å². The second kappa shape index (κ2) is 6.39. The summed E-state index contributed by atoms with van der Waals surface area (Å²) in [6, 6.07) is 14.6. The third-order valence-corrected chi connectivity index (χ3v) is 4.40. The van der Waals surface area contributed by atoms with Gasteiger partial charge in [0.15, 0.2) is 0 Å². The average Bonchev–Trinajstić information content (AvgIpc) is 2.37. The number of hydrogen-bond donors (Lipinski definition) is 1. The van der Waals surface area contributed by atoms with Crippen molar-refractivity contribution in [1.29, 1.82) is 0 Å². The van der Waals surface area contributed by atoms with Crippen LogP contribution in [0.2, 0.25) is 5.02 Å². The van der Waals surface area contributed by atoms with Crippen LogP contribution in [0.15, 0.2) is 48.5 Å². The van der Waals surface area contributed by atoms with Crippen LogP contribution in [-0.4, -0.2) is 8.42 Å². The first-order valence-electron chi connectivity index (χ1n) is 6.22. The first-order chi connectivity index (χ1) is 9.44. The van der Waals surface area contributed by atoms with Crippen molar-refractivity contribution < 1.29 is 8.42 Å². The van der Waals surface area contributed by atoms with E-state index in [4.69, 9.17) is 11.6 Å². The van der Waals surface area contributed by atoms with Crippen LogP contribution < -0.4 is 4.72 Å². The summed E-state index contributed by atoms with van der Waals surface area (Å²) in [7, 11) is -3.34. The van der Waals surface area contributed by atoms with Gasteiger partial charge < -0.3 is 0 Å². The summed E-state index contributed by atoms with van der Waals surface area (Å²) in [5.41, 5.74) is 2.71. The van der Waals surface area contributed by atoms with Crippen LogP contribution in [-0.2, 0) is 22.3 Å². The highest BCUT2D eigenvalue weighted by atomic mass is 35.5. The average molecular weight is 310 g/mol. The van der Waals surface area contributed by atoms with E-state index in [1.807, 2.05) is 31.2 Å². The summed E-state index contributed by atoms with van der Waals surface area (Å²) in [4.78, 5) is 0. The maximum Gasteiger partial charge on any atom is 0.216 e. The SMILES string of the molecule is Cc1cccc(CS(=O)(=O)NCc2ccc(Cl)cc2)c1. The van der Waals surface area contributed by atoms with Crippen molar-refractivity contribution in [2.75, 3.05) is 0 Å². The Morgan fingerprint density at radius 1 is 1.05 bits per heavy atom. The minimum atomic E-state index is -3.34. The number of nitrogens with one attached hydrogen (secondary N) is 1. The lowest BCUT2D eigenvalue weighted by Crippen LogP contribution is -2.24. The van der Waals surface area contributed by atoms with Crippen LogP contribution in [0, 0.1) is 6.92 Å². The number of rotatable bonds is 5. The second-order valence-corrected chi connectivity index (χ2v) is 6.94. The quantitative estimate of drug-likeness (QED) is 0.921. The normalized spacial score (nSPS) is 11.5. The van der Waals surface area contributed by atoms with E-state index in [1.54, 1.807) is 24.3 Å². The molecular weight excluding hydrogens is 294 g/mol. The number of aryl methyl sites for hydroxylation is 1. The van der Waals surface area contributed by atoms with Crippen molar-refractivity contribution in [3.8, 4) is 0 Å². The first-order valence-corrected chi connectivity index (χ1v) is 8.25. The van der Waals surface area contributed by atoms with Crippen molar-refractivity contribution >= 4 is 21.6 Å². The van der Waals surface area contributed by atoms with Crippen LogP contribution in [0.4, 0.5) is 0 Å².